The number of benzene rings is 1. The highest BCUT2D eigenvalue weighted by Crippen LogP contribution is 2.27. The average molecular weight is 272 g/mol. The minimum Gasteiger partial charge on any atom is -0.338 e. The van der Waals surface area contributed by atoms with Gasteiger partial charge in [-0.1, -0.05) is 29.3 Å². The third-order valence-corrected chi connectivity index (χ3v) is 3.61. The molecule has 0 aromatic heterocycles. The molecule has 1 aromatic rings. The first kappa shape index (κ1) is 12.4. The standard InChI is InChI=1S/C12H11Cl2NO2/c13-10-3-1-2-9(11(10)14)12(17)15-6-4-8(16)5-7-15/h1-3H,4-7H2. The summed E-state index contributed by atoms with van der Waals surface area (Å²) in [6.45, 7) is 0.918. The van der Waals surface area contributed by atoms with Crippen molar-refractivity contribution in [1.82, 2.24) is 4.90 Å². The van der Waals surface area contributed by atoms with Crippen LogP contribution in [-0.4, -0.2) is 29.7 Å². The highest BCUT2D eigenvalue weighted by molar-refractivity contribution is 6.43. The highest BCUT2D eigenvalue weighted by Gasteiger charge is 2.23. The molecule has 1 heterocycles. The number of amides is 1. The molecule has 1 aliphatic rings. The lowest BCUT2D eigenvalue weighted by Crippen LogP contribution is -2.38. The van der Waals surface area contributed by atoms with Gasteiger partial charge in [0.1, 0.15) is 5.78 Å². The number of nitrogens with zero attached hydrogens (tertiary/aromatic N) is 1. The van der Waals surface area contributed by atoms with Crippen LogP contribution in [0, 0.1) is 0 Å². The van der Waals surface area contributed by atoms with Crippen molar-refractivity contribution in [3.8, 4) is 0 Å². The summed E-state index contributed by atoms with van der Waals surface area (Å²) >= 11 is 11.9. The molecule has 0 spiro atoms. The lowest BCUT2D eigenvalue weighted by molar-refractivity contribution is -0.120. The van der Waals surface area contributed by atoms with Gasteiger partial charge < -0.3 is 4.90 Å². The van der Waals surface area contributed by atoms with Gasteiger partial charge in [-0.2, -0.15) is 0 Å². The van der Waals surface area contributed by atoms with Crippen molar-refractivity contribution >= 4 is 34.9 Å². The second-order valence-electron chi connectivity index (χ2n) is 3.93. The maximum atomic E-state index is 12.2. The zero-order valence-electron chi connectivity index (χ0n) is 9.08. The normalized spacial score (nSPS) is 16.1. The van der Waals surface area contributed by atoms with Gasteiger partial charge in [0.25, 0.3) is 5.91 Å². The second-order valence-corrected chi connectivity index (χ2v) is 4.72. The Hall–Kier alpha value is -1.06. The highest BCUT2D eigenvalue weighted by atomic mass is 35.5. The first-order valence-electron chi connectivity index (χ1n) is 5.34. The molecular weight excluding hydrogens is 261 g/mol. The number of Topliss-reactive ketones (excluding diaryl/α,β-unsaturated/α-hetero) is 1. The Morgan fingerprint density at radius 1 is 1.18 bits per heavy atom. The topological polar surface area (TPSA) is 37.4 Å². The van der Waals surface area contributed by atoms with Crippen LogP contribution in [0.5, 0.6) is 0 Å². The Morgan fingerprint density at radius 2 is 1.82 bits per heavy atom. The summed E-state index contributed by atoms with van der Waals surface area (Å²) in [5.74, 6) is 0.0382. The van der Waals surface area contributed by atoms with Crippen LogP contribution in [0.1, 0.15) is 23.2 Å². The van der Waals surface area contributed by atoms with Crippen LogP contribution in [0.3, 0.4) is 0 Å². The maximum absolute atomic E-state index is 12.2. The van der Waals surface area contributed by atoms with Gasteiger partial charge in [-0.15, -0.1) is 0 Å². The van der Waals surface area contributed by atoms with Gasteiger partial charge >= 0.3 is 0 Å². The Bertz CT molecular complexity index is 464. The van der Waals surface area contributed by atoms with Crippen LogP contribution < -0.4 is 0 Å². The molecule has 17 heavy (non-hydrogen) atoms. The van der Waals surface area contributed by atoms with E-state index < -0.39 is 0 Å². The SMILES string of the molecule is O=C1CCN(C(=O)c2cccc(Cl)c2Cl)CC1. The Morgan fingerprint density at radius 3 is 2.47 bits per heavy atom. The van der Waals surface area contributed by atoms with Gasteiger partial charge in [-0.25, -0.2) is 0 Å². The number of carbonyl (C=O) groups excluding carboxylic acids is 2. The molecule has 0 atom stereocenters. The van der Waals surface area contributed by atoms with Crippen LogP contribution in [0.25, 0.3) is 0 Å². The largest absolute Gasteiger partial charge is 0.338 e. The van der Waals surface area contributed by atoms with Gasteiger partial charge in [-0.3, -0.25) is 9.59 Å². The molecule has 0 bridgehead atoms. The molecule has 0 N–H and O–H groups in total. The molecular formula is C12H11Cl2NO2. The summed E-state index contributed by atoms with van der Waals surface area (Å²) in [6.07, 6.45) is 0.841. The fraction of sp³-hybridized carbons (Fsp3) is 0.333. The summed E-state index contributed by atoms with van der Waals surface area (Å²) < 4.78 is 0. The fourth-order valence-corrected chi connectivity index (χ4v) is 2.18. The average Bonchev–Trinajstić information content (AvgIpc) is 2.33. The third kappa shape index (κ3) is 2.61. The number of carbonyl (C=O) groups is 2. The molecule has 0 aliphatic carbocycles. The molecule has 2 rings (SSSR count). The van der Waals surface area contributed by atoms with Crippen molar-refractivity contribution < 1.29 is 9.59 Å². The fourth-order valence-electron chi connectivity index (χ4n) is 1.80. The van der Waals surface area contributed by atoms with Crippen molar-refractivity contribution in [1.29, 1.82) is 0 Å². The van der Waals surface area contributed by atoms with Crippen LogP contribution in [0.4, 0.5) is 0 Å². The number of hydrogen-bond donors (Lipinski definition) is 0. The van der Waals surface area contributed by atoms with Crippen molar-refractivity contribution in [2.24, 2.45) is 0 Å². The summed E-state index contributed by atoms with van der Waals surface area (Å²) in [4.78, 5) is 24.9. The molecule has 0 unspecified atom stereocenters. The zero-order chi connectivity index (χ0) is 12.4. The molecule has 90 valence electrons. The smallest absolute Gasteiger partial charge is 0.255 e. The molecule has 5 heteroatoms. The zero-order valence-corrected chi connectivity index (χ0v) is 10.6. The summed E-state index contributed by atoms with van der Waals surface area (Å²) in [7, 11) is 0. The van der Waals surface area contributed by atoms with Gasteiger partial charge in [0.15, 0.2) is 0 Å². The number of rotatable bonds is 1. The Balaban J connectivity index is 2.20. The second kappa shape index (κ2) is 5.07. The molecule has 0 saturated carbocycles. The lowest BCUT2D eigenvalue weighted by atomic mass is 10.1. The van der Waals surface area contributed by atoms with E-state index in [9.17, 15) is 9.59 Å². The Kier molecular flexibility index (Phi) is 3.69. The molecule has 0 radical (unpaired) electrons. The van der Waals surface area contributed by atoms with E-state index in [0.29, 0.717) is 36.5 Å². The van der Waals surface area contributed by atoms with Gasteiger partial charge in [0.2, 0.25) is 0 Å². The maximum Gasteiger partial charge on any atom is 0.255 e. The van der Waals surface area contributed by atoms with Gasteiger partial charge in [-0.05, 0) is 12.1 Å². The quantitative estimate of drug-likeness (QED) is 0.788. The van der Waals surface area contributed by atoms with Crippen molar-refractivity contribution in [3.63, 3.8) is 0 Å². The van der Waals surface area contributed by atoms with E-state index >= 15 is 0 Å². The summed E-state index contributed by atoms with van der Waals surface area (Å²) in [5.41, 5.74) is 0.397. The van der Waals surface area contributed by atoms with E-state index in [0.717, 1.165) is 0 Å². The van der Waals surface area contributed by atoms with Crippen molar-refractivity contribution in [3.05, 3.63) is 33.8 Å². The molecule has 1 saturated heterocycles. The van der Waals surface area contributed by atoms with E-state index in [1.54, 1.807) is 23.1 Å². The Labute approximate surface area is 109 Å². The first-order valence-corrected chi connectivity index (χ1v) is 6.10. The lowest BCUT2D eigenvalue weighted by Gasteiger charge is -2.26. The third-order valence-electron chi connectivity index (χ3n) is 2.79. The van der Waals surface area contributed by atoms with E-state index in [4.69, 9.17) is 23.2 Å². The molecule has 1 aliphatic heterocycles. The van der Waals surface area contributed by atoms with Crippen LogP contribution in [-0.2, 0) is 4.79 Å². The van der Waals surface area contributed by atoms with Crippen LogP contribution in [0.2, 0.25) is 10.0 Å². The van der Waals surface area contributed by atoms with E-state index in [1.165, 1.54) is 0 Å². The molecule has 3 nitrogen and oxygen atoms in total. The van der Waals surface area contributed by atoms with E-state index in [2.05, 4.69) is 0 Å². The summed E-state index contributed by atoms with van der Waals surface area (Å²) in [6, 6.07) is 4.98. The van der Waals surface area contributed by atoms with E-state index in [1.807, 2.05) is 0 Å². The number of halogens is 2. The van der Waals surface area contributed by atoms with E-state index in [-0.39, 0.29) is 16.7 Å². The molecule has 1 aromatic carbocycles. The monoisotopic (exact) mass is 271 g/mol. The van der Waals surface area contributed by atoms with Crippen LogP contribution >= 0.6 is 23.2 Å². The van der Waals surface area contributed by atoms with Crippen molar-refractivity contribution in [2.45, 2.75) is 12.8 Å². The van der Waals surface area contributed by atoms with Gasteiger partial charge in [0, 0.05) is 25.9 Å². The number of hydrogen-bond acceptors (Lipinski definition) is 2. The number of likely N-dealkylation sites (tertiary alicyclic amines) is 1. The minimum atomic E-state index is -0.162. The van der Waals surface area contributed by atoms with Gasteiger partial charge in [0.05, 0.1) is 15.6 Å². The minimum absolute atomic E-state index is 0.162. The number of piperidine rings is 1. The summed E-state index contributed by atoms with van der Waals surface area (Å²) in [5, 5.41) is 0.640. The molecule has 1 fully saturated rings. The predicted octanol–water partition coefficient (Wildman–Crippen LogP) is 2.80. The number of ketones is 1. The predicted molar refractivity (Wildman–Crippen MR) is 66.6 cm³/mol. The first-order chi connectivity index (χ1) is 8.09. The van der Waals surface area contributed by atoms with Crippen LogP contribution in [0.15, 0.2) is 18.2 Å². The molecule has 1 amide bonds. The van der Waals surface area contributed by atoms with Crippen molar-refractivity contribution in [2.75, 3.05) is 13.1 Å².